The zero-order valence-electron chi connectivity index (χ0n) is 12.2. The lowest BCUT2D eigenvalue weighted by Gasteiger charge is -2.14. The Bertz CT molecular complexity index is 393. The Balaban J connectivity index is 2.27. The van der Waals surface area contributed by atoms with Crippen LogP contribution in [0.5, 0.6) is 0 Å². The van der Waals surface area contributed by atoms with Crippen molar-refractivity contribution in [3.8, 4) is 0 Å². The molecule has 3 N–H and O–H groups in total. The average Bonchev–Trinajstić information content (AvgIpc) is 2.49. The van der Waals surface area contributed by atoms with Crippen LogP contribution in [0.2, 0.25) is 0 Å². The topological polar surface area (TPSA) is 70.6 Å². The van der Waals surface area contributed by atoms with Crippen molar-refractivity contribution in [2.45, 2.75) is 32.5 Å². The molecule has 0 aliphatic rings. The highest BCUT2D eigenvalue weighted by molar-refractivity contribution is 5.81. The third-order valence-electron chi connectivity index (χ3n) is 3.04. The van der Waals surface area contributed by atoms with Crippen molar-refractivity contribution in [1.29, 1.82) is 0 Å². The summed E-state index contributed by atoms with van der Waals surface area (Å²) in [6.45, 7) is 3.79. The number of methoxy groups -OCH3 is 1. The monoisotopic (exact) mass is 280 g/mol. The zero-order valence-corrected chi connectivity index (χ0v) is 12.2. The molecule has 1 aromatic rings. The molecule has 0 aromatic heterocycles. The van der Waals surface area contributed by atoms with Crippen molar-refractivity contribution in [2.75, 3.05) is 20.3 Å². The van der Waals surface area contributed by atoms with Gasteiger partial charge in [-0.1, -0.05) is 24.3 Å². The molecule has 0 radical (unpaired) electrons. The predicted octanol–water partition coefficient (Wildman–Crippen LogP) is 0.810. The average molecular weight is 280 g/mol. The number of carbonyl (C=O) groups is 1. The number of nitrogens with one attached hydrogen (secondary N) is 2. The summed E-state index contributed by atoms with van der Waals surface area (Å²) in [5.41, 5.74) is 1.97. The highest BCUT2D eigenvalue weighted by Gasteiger charge is 2.10. The number of ether oxygens (including phenoxy) is 1. The van der Waals surface area contributed by atoms with Gasteiger partial charge in [0.1, 0.15) is 0 Å². The summed E-state index contributed by atoms with van der Waals surface area (Å²) in [6.07, 6.45) is 0.817. The van der Waals surface area contributed by atoms with Gasteiger partial charge in [-0.2, -0.15) is 0 Å². The summed E-state index contributed by atoms with van der Waals surface area (Å²) < 4.78 is 4.92. The first-order valence-electron chi connectivity index (χ1n) is 6.86. The molecule has 0 spiro atoms. The standard InChI is InChI=1S/C15H24N2O3/c1-12(15(19)16-8-3-9-20-2)17-10-13-4-6-14(11-18)7-5-13/h4-7,12,17-18H,3,8-11H2,1-2H3,(H,16,19). The Labute approximate surface area is 120 Å². The number of aliphatic hydroxyl groups is 1. The maximum absolute atomic E-state index is 11.8. The van der Waals surface area contributed by atoms with Gasteiger partial charge in [-0.3, -0.25) is 4.79 Å². The van der Waals surface area contributed by atoms with E-state index in [4.69, 9.17) is 9.84 Å². The number of rotatable bonds is 9. The van der Waals surface area contributed by atoms with Crippen LogP contribution < -0.4 is 10.6 Å². The van der Waals surface area contributed by atoms with Gasteiger partial charge in [0.15, 0.2) is 0 Å². The van der Waals surface area contributed by atoms with Crippen molar-refractivity contribution in [3.63, 3.8) is 0 Å². The van der Waals surface area contributed by atoms with Crippen LogP contribution in [-0.2, 0) is 22.7 Å². The Morgan fingerprint density at radius 3 is 2.55 bits per heavy atom. The first-order chi connectivity index (χ1) is 9.67. The van der Waals surface area contributed by atoms with Gasteiger partial charge < -0.3 is 20.5 Å². The lowest BCUT2D eigenvalue weighted by molar-refractivity contribution is -0.122. The number of amides is 1. The number of hydrogen-bond donors (Lipinski definition) is 3. The summed E-state index contributed by atoms with van der Waals surface area (Å²) in [5, 5.41) is 15.0. The van der Waals surface area contributed by atoms with E-state index in [1.54, 1.807) is 7.11 Å². The molecular weight excluding hydrogens is 256 g/mol. The molecule has 5 heteroatoms. The first kappa shape index (κ1) is 16.6. The largest absolute Gasteiger partial charge is 0.392 e. The molecule has 0 saturated carbocycles. The van der Waals surface area contributed by atoms with E-state index in [1.165, 1.54) is 0 Å². The van der Waals surface area contributed by atoms with Crippen LogP contribution in [0.25, 0.3) is 0 Å². The molecule has 5 nitrogen and oxygen atoms in total. The second kappa shape index (κ2) is 9.47. The van der Waals surface area contributed by atoms with E-state index in [0.29, 0.717) is 19.7 Å². The van der Waals surface area contributed by atoms with Crippen LogP contribution in [-0.4, -0.2) is 37.3 Å². The lowest BCUT2D eigenvalue weighted by Crippen LogP contribution is -2.42. The van der Waals surface area contributed by atoms with Crippen molar-refractivity contribution in [2.24, 2.45) is 0 Å². The van der Waals surface area contributed by atoms with Crippen LogP contribution in [0.4, 0.5) is 0 Å². The molecular formula is C15H24N2O3. The normalized spacial score (nSPS) is 12.2. The summed E-state index contributed by atoms with van der Waals surface area (Å²) in [6, 6.07) is 7.41. The van der Waals surface area contributed by atoms with Gasteiger partial charge in [0.25, 0.3) is 0 Å². The van der Waals surface area contributed by atoms with E-state index < -0.39 is 0 Å². The maximum Gasteiger partial charge on any atom is 0.236 e. The first-order valence-corrected chi connectivity index (χ1v) is 6.86. The highest BCUT2D eigenvalue weighted by Crippen LogP contribution is 2.04. The van der Waals surface area contributed by atoms with Gasteiger partial charge in [-0.05, 0) is 24.5 Å². The second-order valence-electron chi connectivity index (χ2n) is 4.71. The van der Waals surface area contributed by atoms with E-state index in [-0.39, 0.29) is 18.6 Å². The minimum Gasteiger partial charge on any atom is -0.392 e. The molecule has 0 heterocycles. The van der Waals surface area contributed by atoms with Crippen molar-refractivity contribution in [1.82, 2.24) is 10.6 Å². The van der Waals surface area contributed by atoms with E-state index in [0.717, 1.165) is 17.5 Å². The van der Waals surface area contributed by atoms with Gasteiger partial charge >= 0.3 is 0 Å². The predicted molar refractivity (Wildman–Crippen MR) is 78.2 cm³/mol. The minimum absolute atomic E-state index is 0.00641. The molecule has 0 saturated heterocycles. The number of benzene rings is 1. The van der Waals surface area contributed by atoms with Gasteiger partial charge in [0.05, 0.1) is 12.6 Å². The van der Waals surface area contributed by atoms with E-state index in [1.807, 2.05) is 31.2 Å². The quantitative estimate of drug-likeness (QED) is 0.585. The van der Waals surface area contributed by atoms with Crippen LogP contribution in [0.3, 0.4) is 0 Å². The lowest BCUT2D eigenvalue weighted by atomic mass is 10.1. The van der Waals surface area contributed by atoms with E-state index in [2.05, 4.69) is 10.6 Å². The van der Waals surface area contributed by atoms with Crippen LogP contribution in [0, 0.1) is 0 Å². The van der Waals surface area contributed by atoms with Crippen molar-refractivity contribution in [3.05, 3.63) is 35.4 Å². The fraction of sp³-hybridized carbons (Fsp3) is 0.533. The van der Waals surface area contributed by atoms with Gasteiger partial charge in [-0.25, -0.2) is 0 Å². The molecule has 1 rings (SSSR count). The van der Waals surface area contributed by atoms with Gasteiger partial charge in [0.2, 0.25) is 5.91 Å². The fourth-order valence-electron chi connectivity index (χ4n) is 1.71. The van der Waals surface area contributed by atoms with E-state index in [9.17, 15) is 4.79 Å². The van der Waals surface area contributed by atoms with Crippen LogP contribution in [0.15, 0.2) is 24.3 Å². The molecule has 1 unspecified atom stereocenters. The SMILES string of the molecule is COCCCNC(=O)C(C)NCc1ccc(CO)cc1. The van der Waals surface area contributed by atoms with Gasteiger partial charge in [0, 0.05) is 26.8 Å². The minimum atomic E-state index is -0.241. The maximum atomic E-state index is 11.8. The van der Waals surface area contributed by atoms with Crippen molar-refractivity contribution >= 4 is 5.91 Å². The molecule has 0 fully saturated rings. The molecule has 20 heavy (non-hydrogen) atoms. The molecule has 112 valence electrons. The summed E-state index contributed by atoms with van der Waals surface area (Å²) in [4.78, 5) is 11.8. The molecule has 1 atom stereocenters. The number of hydrogen-bond acceptors (Lipinski definition) is 4. The molecule has 1 aromatic carbocycles. The zero-order chi connectivity index (χ0) is 14.8. The van der Waals surface area contributed by atoms with E-state index >= 15 is 0 Å². The van der Waals surface area contributed by atoms with Crippen LogP contribution in [0.1, 0.15) is 24.5 Å². The van der Waals surface area contributed by atoms with Crippen molar-refractivity contribution < 1.29 is 14.6 Å². The Hall–Kier alpha value is -1.43. The molecule has 1 amide bonds. The third-order valence-corrected chi connectivity index (χ3v) is 3.04. The highest BCUT2D eigenvalue weighted by atomic mass is 16.5. The van der Waals surface area contributed by atoms with Gasteiger partial charge in [-0.15, -0.1) is 0 Å². The fourth-order valence-corrected chi connectivity index (χ4v) is 1.71. The summed E-state index contributed by atoms with van der Waals surface area (Å²) in [7, 11) is 1.65. The molecule has 0 aliphatic carbocycles. The summed E-state index contributed by atoms with van der Waals surface area (Å²) >= 11 is 0. The number of carbonyl (C=O) groups excluding carboxylic acids is 1. The summed E-state index contributed by atoms with van der Waals surface area (Å²) in [5.74, 6) is -0.00641. The Kier molecular flexibility index (Phi) is 7.87. The third kappa shape index (κ3) is 6.14. The molecule has 0 aliphatic heterocycles. The van der Waals surface area contributed by atoms with Crippen LogP contribution >= 0.6 is 0 Å². The second-order valence-corrected chi connectivity index (χ2v) is 4.71. The smallest absolute Gasteiger partial charge is 0.236 e. The Morgan fingerprint density at radius 2 is 1.95 bits per heavy atom. The number of aliphatic hydroxyl groups excluding tert-OH is 1. The Morgan fingerprint density at radius 1 is 1.30 bits per heavy atom. The molecule has 0 bridgehead atoms.